The summed E-state index contributed by atoms with van der Waals surface area (Å²) in [5.74, 6) is -1.05. The van der Waals surface area contributed by atoms with Crippen LogP contribution in [0.2, 0.25) is 0 Å². The van der Waals surface area contributed by atoms with E-state index >= 15 is 0 Å². The number of phenols is 1. The lowest BCUT2D eigenvalue weighted by atomic mass is 10.0. The van der Waals surface area contributed by atoms with Crippen LogP contribution in [0.4, 0.5) is 0 Å². The van der Waals surface area contributed by atoms with Crippen LogP contribution in [-0.2, 0) is 22.4 Å². The van der Waals surface area contributed by atoms with Crippen molar-refractivity contribution in [3.63, 3.8) is 0 Å². The Morgan fingerprint density at radius 1 is 1.18 bits per heavy atom. The number of hydrogen-bond acceptors (Lipinski definition) is 6. The topological polar surface area (TPSA) is 142 Å². The number of amides is 1. The number of benzene rings is 2. The average Bonchev–Trinajstić information content (AvgIpc) is 3.19. The molecule has 0 saturated heterocycles. The second kappa shape index (κ2) is 9.30. The van der Waals surface area contributed by atoms with E-state index in [1.165, 1.54) is 13.2 Å². The van der Waals surface area contributed by atoms with Crippen molar-refractivity contribution >= 4 is 33.7 Å². The molecular formula is C25H24N2O7. The molecule has 2 aromatic heterocycles. The highest BCUT2D eigenvalue weighted by Gasteiger charge is 2.23. The van der Waals surface area contributed by atoms with E-state index in [1.54, 1.807) is 43.5 Å². The molecule has 176 valence electrons. The number of H-pyrrole nitrogens is 1. The number of hydrogen-bond donors (Lipinski definition) is 4. The Morgan fingerprint density at radius 2 is 1.97 bits per heavy atom. The molecule has 2 aromatic carbocycles. The first-order chi connectivity index (χ1) is 16.3. The van der Waals surface area contributed by atoms with Crippen LogP contribution in [0.5, 0.6) is 11.5 Å². The van der Waals surface area contributed by atoms with E-state index in [-0.39, 0.29) is 25.0 Å². The highest BCUT2D eigenvalue weighted by atomic mass is 16.5. The van der Waals surface area contributed by atoms with Gasteiger partial charge in [-0.05, 0) is 54.8 Å². The molecule has 4 rings (SSSR count). The number of aromatic hydroxyl groups is 1. The molecule has 0 radical (unpaired) electrons. The molecule has 34 heavy (non-hydrogen) atoms. The number of ether oxygens (including phenoxy) is 1. The Bertz CT molecular complexity index is 1450. The normalized spacial score (nSPS) is 12.1. The molecule has 4 aromatic rings. The van der Waals surface area contributed by atoms with Gasteiger partial charge in [-0.15, -0.1) is 0 Å². The van der Waals surface area contributed by atoms with E-state index in [0.717, 1.165) is 10.9 Å². The number of carbonyl (C=O) groups excluding carboxylic acids is 1. The first kappa shape index (κ1) is 22.9. The van der Waals surface area contributed by atoms with Gasteiger partial charge in [0.2, 0.25) is 5.91 Å². The Kier molecular flexibility index (Phi) is 6.27. The highest BCUT2D eigenvalue weighted by Crippen LogP contribution is 2.25. The van der Waals surface area contributed by atoms with E-state index in [1.807, 2.05) is 0 Å². The van der Waals surface area contributed by atoms with E-state index in [9.17, 15) is 24.6 Å². The minimum atomic E-state index is -1.18. The van der Waals surface area contributed by atoms with Gasteiger partial charge >= 0.3 is 11.6 Å². The van der Waals surface area contributed by atoms with Gasteiger partial charge in [-0.2, -0.15) is 0 Å². The summed E-state index contributed by atoms with van der Waals surface area (Å²) in [7, 11) is 1.52. The molecule has 1 amide bonds. The highest BCUT2D eigenvalue weighted by molar-refractivity contribution is 5.88. The van der Waals surface area contributed by atoms with Crippen molar-refractivity contribution in [2.24, 2.45) is 0 Å². The predicted molar refractivity (Wildman–Crippen MR) is 125 cm³/mol. The molecule has 1 unspecified atom stereocenters. The monoisotopic (exact) mass is 464 g/mol. The SMILES string of the molecule is COc1ccc2c(C)c(CCC(=O)NC(Cc3c[nH]c4ccc(O)cc34)C(=O)O)c(=O)oc2c1. The number of carboxylic acids is 1. The van der Waals surface area contributed by atoms with Gasteiger partial charge < -0.3 is 29.7 Å². The van der Waals surface area contributed by atoms with E-state index in [4.69, 9.17) is 9.15 Å². The van der Waals surface area contributed by atoms with Gasteiger partial charge in [0, 0.05) is 47.0 Å². The third kappa shape index (κ3) is 4.59. The Labute approximate surface area is 194 Å². The molecule has 0 aliphatic rings. The lowest BCUT2D eigenvalue weighted by Crippen LogP contribution is -2.42. The van der Waals surface area contributed by atoms with Crippen molar-refractivity contribution < 1.29 is 29.0 Å². The maximum atomic E-state index is 12.6. The summed E-state index contributed by atoms with van der Waals surface area (Å²) in [6, 6.07) is 8.76. The quantitative estimate of drug-likeness (QED) is 0.294. The number of phenolic OH excluding ortho intramolecular Hbond substituents is 1. The van der Waals surface area contributed by atoms with Crippen LogP contribution in [0.15, 0.2) is 51.8 Å². The number of aryl methyl sites for hydroxylation is 1. The summed E-state index contributed by atoms with van der Waals surface area (Å²) in [6.07, 6.45) is 1.72. The van der Waals surface area contributed by atoms with Gasteiger partial charge in [0.1, 0.15) is 23.1 Å². The summed E-state index contributed by atoms with van der Waals surface area (Å²) >= 11 is 0. The number of carbonyl (C=O) groups is 2. The maximum absolute atomic E-state index is 12.6. The lowest BCUT2D eigenvalue weighted by molar-refractivity contribution is -0.141. The molecule has 9 nitrogen and oxygen atoms in total. The van der Waals surface area contributed by atoms with Crippen LogP contribution in [0.25, 0.3) is 21.9 Å². The average molecular weight is 464 g/mol. The van der Waals surface area contributed by atoms with Crippen LogP contribution in [0.3, 0.4) is 0 Å². The van der Waals surface area contributed by atoms with Crippen LogP contribution in [0, 0.1) is 6.92 Å². The number of fused-ring (bicyclic) bond motifs is 2. The maximum Gasteiger partial charge on any atom is 0.339 e. The zero-order valence-electron chi connectivity index (χ0n) is 18.7. The molecule has 0 bridgehead atoms. The number of aromatic amines is 1. The minimum absolute atomic E-state index is 0.0313. The molecule has 0 fully saturated rings. The second-order valence-corrected chi connectivity index (χ2v) is 8.06. The number of aromatic nitrogens is 1. The predicted octanol–water partition coefficient (Wildman–Crippen LogP) is 3.04. The lowest BCUT2D eigenvalue weighted by Gasteiger charge is -2.15. The summed E-state index contributed by atoms with van der Waals surface area (Å²) in [6.45, 7) is 1.78. The van der Waals surface area contributed by atoms with Gasteiger partial charge in [0.05, 0.1) is 7.11 Å². The Balaban J connectivity index is 1.47. The number of carboxylic acid groups (broad SMARTS) is 1. The van der Waals surface area contributed by atoms with Crippen LogP contribution in [0.1, 0.15) is 23.1 Å². The number of rotatable bonds is 8. The van der Waals surface area contributed by atoms with Gasteiger partial charge in [-0.1, -0.05) is 0 Å². The van der Waals surface area contributed by atoms with E-state index < -0.39 is 23.5 Å². The summed E-state index contributed by atoms with van der Waals surface area (Å²) in [4.78, 5) is 39.9. The number of nitrogens with one attached hydrogen (secondary N) is 2. The second-order valence-electron chi connectivity index (χ2n) is 8.06. The van der Waals surface area contributed by atoms with Crippen molar-refractivity contribution in [1.29, 1.82) is 0 Å². The van der Waals surface area contributed by atoms with Gasteiger partial charge in [-0.3, -0.25) is 4.79 Å². The summed E-state index contributed by atoms with van der Waals surface area (Å²) in [5, 5.41) is 23.3. The summed E-state index contributed by atoms with van der Waals surface area (Å²) in [5.41, 5.74) is 2.33. The van der Waals surface area contributed by atoms with Crippen LogP contribution in [-0.4, -0.2) is 40.2 Å². The third-order valence-electron chi connectivity index (χ3n) is 5.90. The van der Waals surface area contributed by atoms with Crippen LogP contribution < -0.4 is 15.7 Å². The first-order valence-electron chi connectivity index (χ1n) is 10.7. The smallest absolute Gasteiger partial charge is 0.339 e. The van der Waals surface area contributed by atoms with Gasteiger partial charge in [0.15, 0.2) is 0 Å². The molecule has 1 atom stereocenters. The largest absolute Gasteiger partial charge is 0.508 e. The fourth-order valence-electron chi connectivity index (χ4n) is 4.05. The number of methoxy groups -OCH3 is 1. The minimum Gasteiger partial charge on any atom is -0.508 e. The molecule has 2 heterocycles. The van der Waals surface area contributed by atoms with E-state index in [2.05, 4.69) is 10.3 Å². The van der Waals surface area contributed by atoms with Crippen molar-refractivity contribution in [3.8, 4) is 11.5 Å². The van der Waals surface area contributed by atoms with Gasteiger partial charge in [0.25, 0.3) is 0 Å². The van der Waals surface area contributed by atoms with Crippen molar-refractivity contribution in [1.82, 2.24) is 10.3 Å². The molecule has 0 spiro atoms. The van der Waals surface area contributed by atoms with Gasteiger partial charge in [-0.25, -0.2) is 9.59 Å². The van der Waals surface area contributed by atoms with Crippen molar-refractivity contribution in [3.05, 3.63) is 69.7 Å². The molecule has 4 N–H and O–H groups in total. The third-order valence-corrected chi connectivity index (χ3v) is 5.90. The zero-order valence-corrected chi connectivity index (χ0v) is 18.7. The first-order valence-corrected chi connectivity index (χ1v) is 10.7. The molecular weight excluding hydrogens is 440 g/mol. The molecule has 9 heteroatoms. The van der Waals surface area contributed by atoms with E-state index in [0.29, 0.717) is 33.4 Å². The van der Waals surface area contributed by atoms with Crippen LogP contribution >= 0.6 is 0 Å². The summed E-state index contributed by atoms with van der Waals surface area (Å²) < 4.78 is 10.6. The molecule has 0 aliphatic carbocycles. The molecule has 0 saturated carbocycles. The Hall–Kier alpha value is -4.27. The standard InChI is InChI=1S/C25H24N2O7/c1-13-17-5-4-16(33-2)11-22(17)34-25(32)18(13)6-8-23(29)27-21(24(30)31)9-14-12-26-20-7-3-15(28)10-19(14)20/h3-5,7,10-12,21,26,28H,6,8-9H2,1-2H3,(H,27,29)(H,30,31). The zero-order chi connectivity index (χ0) is 24.4. The fraction of sp³-hybridized carbons (Fsp3) is 0.240. The van der Waals surface area contributed by atoms with Crippen molar-refractivity contribution in [2.75, 3.05) is 7.11 Å². The molecule has 0 aliphatic heterocycles. The Morgan fingerprint density at radius 3 is 2.71 bits per heavy atom. The number of aliphatic carboxylic acids is 1. The van der Waals surface area contributed by atoms with Crippen molar-refractivity contribution in [2.45, 2.75) is 32.2 Å². The fourth-order valence-corrected chi connectivity index (χ4v) is 4.05.